The van der Waals surface area contributed by atoms with Gasteiger partial charge in [0.1, 0.15) is 12.2 Å². The summed E-state index contributed by atoms with van der Waals surface area (Å²) < 4.78 is 17.4. The number of rotatable bonds is 7. The van der Waals surface area contributed by atoms with Gasteiger partial charge in [-0.2, -0.15) is 0 Å². The van der Waals surface area contributed by atoms with Crippen molar-refractivity contribution in [2.75, 3.05) is 26.7 Å². The van der Waals surface area contributed by atoms with Gasteiger partial charge >= 0.3 is 12.2 Å². The average Bonchev–Trinajstić information content (AvgIpc) is 2.98. The van der Waals surface area contributed by atoms with Crippen molar-refractivity contribution in [3.63, 3.8) is 0 Å². The van der Waals surface area contributed by atoms with E-state index in [2.05, 4.69) is 47.0 Å². The van der Waals surface area contributed by atoms with Crippen LogP contribution in [0.1, 0.15) is 48.0 Å². The van der Waals surface area contributed by atoms with E-state index in [0.717, 1.165) is 0 Å². The van der Waals surface area contributed by atoms with Crippen LogP contribution in [-0.2, 0) is 13.9 Å². The van der Waals surface area contributed by atoms with E-state index in [0.29, 0.717) is 18.5 Å². The molecule has 0 radical (unpaired) electrons. The Labute approximate surface area is 190 Å². The van der Waals surface area contributed by atoms with Crippen molar-refractivity contribution >= 4 is 21.2 Å². The molecule has 0 spiro atoms. The van der Waals surface area contributed by atoms with Crippen molar-refractivity contribution in [1.29, 1.82) is 0 Å². The zero-order valence-electron chi connectivity index (χ0n) is 20.9. The van der Waals surface area contributed by atoms with E-state index < -0.39 is 32.6 Å². The first-order valence-electron chi connectivity index (χ1n) is 10.9. The molecule has 0 aromatic heterocycles. The Morgan fingerprint density at radius 3 is 2.26 bits per heavy atom. The normalized spacial score (nSPS) is 21.7. The maximum atomic E-state index is 13.3. The number of likely N-dealkylation sites (N-methyl/N-ethyl adjacent to an activating group) is 1. The molecule has 1 saturated heterocycles. The highest BCUT2D eigenvalue weighted by molar-refractivity contribution is 6.48. The summed E-state index contributed by atoms with van der Waals surface area (Å²) in [4.78, 5) is 28.7. The van der Waals surface area contributed by atoms with Gasteiger partial charge in [-0.3, -0.25) is 4.90 Å². The summed E-state index contributed by atoms with van der Waals surface area (Å²) in [5.74, 6) is 0.183. The number of likely N-dealkylation sites (tertiary alicyclic amines) is 1. The van der Waals surface area contributed by atoms with Crippen LogP contribution in [0.15, 0.2) is 24.8 Å². The number of amides is 2. The van der Waals surface area contributed by atoms with Crippen LogP contribution in [-0.4, -0.2) is 69.1 Å². The van der Waals surface area contributed by atoms with Crippen LogP contribution in [0.3, 0.4) is 0 Å². The molecule has 1 rings (SSSR count). The van der Waals surface area contributed by atoms with E-state index in [1.54, 1.807) is 11.9 Å². The lowest BCUT2D eigenvalue weighted by atomic mass is 9.78. The molecular formula is C23H42N2O5Si. The van der Waals surface area contributed by atoms with E-state index in [4.69, 9.17) is 13.9 Å². The summed E-state index contributed by atoms with van der Waals surface area (Å²) in [6, 6.07) is 0. The van der Waals surface area contributed by atoms with Crippen molar-refractivity contribution in [2.24, 2.45) is 11.3 Å². The zero-order chi connectivity index (χ0) is 24.2. The van der Waals surface area contributed by atoms with E-state index >= 15 is 0 Å². The van der Waals surface area contributed by atoms with Crippen LogP contribution in [0.25, 0.3) is 0 Å². The molecule has 7 nitrogen and oxygen atoms in total. The van der Waals surface area contributed by atoms with Crippen LogP contribution in [0.2, 0.25) is 13.1 Å². The third kappa shape index (κ3) is 7.38. The summed E-state index contributed by atoms with van der Waals surface area (Å²) in [5, 5.41) is 0. The Kier molecular flexibility index (Phi) is 8.97. The van der Waals surface area contributed by atoms with E-state index in [-0.39, 0.29) is 24.5 Å². The van der Waals surface area contributed by atoms with Gasteiger partial charge in [-0.1, -0.05) is 40.0 Å². The minimum absolute atomic E-state index is 0.0427. The Morgan fingerprint density at radius 2 is 1.81 bits per heavy atom. The van der Waals surface area contributed by atoms with E-state index in [9.17, 15) is 9.59 Å². The molecule has 1 aliphatic rings. The molecule has 178 valence electrons. The largest absolute Gasteiger partial charge is 0.445 e. The number of nitrogens with zero attached hydrogens (tertiary/aromatic N) is 2. The van der Waals surface area contributed by atoms with Crippen molar-refractivity contribution in [3.05, 3.63) is 24.8 Å². The Hall–Kier alpha value is -1.80. The van der Waals surface area contributed by atoms with Gasteiger partial charge in [0, 0.05) is 26.6 Å². The molecule has 1 fully saturated rings. The summed E-state index contributed by atoms with van der Waals surface area (Å²) >= 11 is 0. The lowest BCUT2D eigenvalue weighted by Crippen LogP contribution is -2.55. The number of hydrogen-bond donors (Lipinski definition) is 0. The molecule has 0 N–H and O–H groups in total. The van der Waals surface area contributed by atoms with Gasteiger partial charge in [-0.25, -0.2) is 9.59 Å². The fourth-order valence-corrected chi connectivity index (χ4v) is 4.80. The maximum absolute atomic E-state index is 13.3. The van der Waals surface area contributed by atoms with Crippen molar-refractivity contribution in [2.45, 2.75) is 72.4 Å². The van der Waals surface area contributed by atoms with Crippen molar-refractivity contribution in [3.8, 4) is 0 Å². The highest BCUT2D eigenvalue weighted by Gasteiger charge is 2.54. The zero-order valence-corrected chi connectivity index (χ0v) is 22.1. The van der Waals surface area contributed by atoms with Crippen molar-refractivity contribution < 1.29 is 23.5 Å². The molecule has 0 unspecified atom stereocenters. The van der Waals surface area contributed by atoms with Crippen LogP contribution in [0.5, 0.6) is 0 Å². The predicted octanol–water partition coefficient (Wildman–Crippen LogP) is 4.80. The molecular weight excluding hydrogens is 412 g/mol. The maximum Gasteiger partial charge on any atom is 0.412 e. The molecule has 8 heteroatoms. The van der Waals surface area contributed by atoms with Gasteiger partial charge in [0.2, 0.25) is 0 Å². The second-order valence-electron chi connectivity index (χ2n) is 10.6. The summed E-state index contributed by atoms with van der Waals surface area (Å²) in [5.41, 5.74) is -1.05. The fourth-order valence-electron chi connectivity index (χ4n) is 3.63. The summed E-state index contributed by atoms with van der Waals surface area (Å²) in [6.07, 6.45) is 1.22. The van der Waals surface area contributed by atoms with Gasteiger partial charge in [0.15, 0.2) is 14.8 Å². The second-order valence-corrected chi connectivity index (χ2v) is 13.0. The second kappa shape index (κ2) is 10.2. The first-order chi connectivity index (χ1) is 14.0. The smallest absolute Gasteiger partial charge is 0.412 e. The summed E-state index contributed by atoms with van der Waals surface area (Å²) in [7, 11) is 0.0364. The topological polar surface area (TPSA) is 68.3 Å². The molecule has 1 heterocycles. The molecule has 2 amide bonds. The van der Waals surface area contributed by atoms with Gasteiger partial charge in [-0.05, 0) is 50.8 Å². The standard InChI is InChI=1S/C23H42N2O5Si/c1-12-13-28-19(26)24(9)15-17(2)23(30-31(10)11)14-18(21(3,4)5)16-25(23)20(27)29-22(6,7)8/h12,18,31H,1-2,13-16H2,3-11H3/t18-,23-/m0/s1. The fraction of sp³-hybridized carbons (Fsp3) is 0.739. The quantitative estimate of drug-likeness (QED) is 0.408. The predicted molar refractivity (Wildman–Crippen MR) is 127 cm³/mol. The Morgan fingerprint density at radius 1 is 1.23 bits per heavy atom. The molecule has 31 heavy (non-hydrogen) atoms. The molecule has 2 atom stereocenters. The van der Waals surface area contributed by atoms with Crippen LogP contribution >= 0.6 is 0 Å². The molecule has 1 aliphatic heterocycles. The lowest BCUT2D eigenvalue weighted by Gasteiger charge is -2.42. The van der Waals surface area contributed by atoms with Gasteiger partial charge in [-0.15, -0.1) is 0 Å². The Balaban J connectivity index is 3.33. The third-order valence-corrected chi connectivity index (χ3v) is 6.11. The monoisotopic (exact) mass is 454 g/mol. The first kappa shape index (κ1) is 27.2. The molecule has 0 aromatic rings. The van der Waals surface area contributed by atoms with Crippen molar-refractivity contribution in [1.82, 2.24) is 9.80 Å². The number of carbonyl (C=O) groups excluding carboxylic acids is 2. The molecule has 0 aliphatic carbocycles. The number of carbonyl (C=O) groups is 2. The molecule has 0 bridgehead atoms. The lowest BCUT2D eigenvalue weighted by molar-refractivity contribution is -0.0479. The Bertz CT molecular complexity index is 680. The van der Waals surface area contributed by atoms with E-state index in [1.807, 2.05) is 20.8 Å². The minimum Gasteiger partial charge on any atom is -0.445 e. The van der Waals surface area contributed by atoms with Crippen LogP contribution in [0.4, 0.5) is 9.59 Å². The van der Waals surface area contributed by atoms with E-state index in [1.165, 1.54) is 11.0 Å². The number of hydrogen-bond acceptors (Lipinski definition) is 5. The minimum atomic E-state index is -1.61. The van der Waals surface area contributed by atoms with Gasteiger partial charge < -0.3 is 18.8 Å². The summed E-state index contributed by atoms with van der Waals surface area (Å²) in [6.45, 7) is 24.8. The van der Waals surface area contributed by atoms with Gasteiger partial charge in [0.05, 0.1) is 0 Å². The van der Waals surface area contributed by atoms with Gasteiger partial charge in [0.25, 0.3) is 0 Å². The van der Waals surface area contributed by atoms with Crippen LogP contribution in [0, 0.1) is 11.3 Å². The molecule has 0 saturated carbocycles. The molecule has 0 aromatic carbocycles. The highest BCUT2D eigenvalue weighted by atomic mass is 28.3. The number of ether oxygens (including phenoxy) is 2. The first-order valence-corrected chi connectivity index (χ1v) is 13.7. The SMILES string of the molecule is C=CCOC(=O)N(C)CC(=C)[C@@]1(O[SiH](C)C)C[C@H](C(C)(C)C)CN1C(=O)OC(C)(C)C. The average molecular weight is 455 g/mol. The third-order valence-electron chi connectivity index (χ3n) is 5.25. The highest BCUT2D eigenvalue weighted by Crippen LogP contribution is 2.47. The van der Waals surface area contributed by atoms with Crippen LogP contribution < -0.4 is 0 Å².